The summed E-state index contributed by atoms with van der Waals surface area (Å²) < 4.78 is 0. The Balaban J connectivity index is 2.21. The van der Waals surface area contributed by atoms with E-state index < -0.39 is 0 Å². The SMILES string of the molecule is CCCN1C=CN(CCC)C1c1ccc(Cl)cc1. The van der Waals surface area contributed by atoms with Gasteiger partial charge in [0, 0.05) is 30.5 Å². The van der Waals surface area contributed by atoms with E-state index in [-0.39, 0.29) is 0 Å². The number of halogens is 1. The normalized spacial score (nSPS) is 15.7. The monoisotopic (exact) mass is 264 g/mol. The molecule has 0 saturated carbocycles. The van der Waals surface area contributed by atoms with Crippen molar-refractivity contribution in [2.75, 3.05) is 13.1 Å². The first-order chi connectivity index (χ1) is 8.76. The predicted molar refractivity (Wildman–Crippen MR) is 77.3 cm³/mol. The van der Waals surface area contributed by atoms with Crippen LogP contribution in [0.25, 0.3) is 0 Å². The van der Waals surface area contributed by atoms with E-state index in [1.807, 2.05) is 12.1 Å². The molecular weight excluding hydrogens is 244 g/mol. The summed E-state index contributed by atoms with van der Waals surface area (Å²) in [7, 11) is 0. The highest BCUT2D eigenvalue weighted by atomic mass is 35.5. The van der Waals surface area contributed by atoms with Gasteiger partial charge in [-0.1, -0.05) is 37.6 Å². The van der Waals surface area contributed by atoms with Gasteiger partial charge in [0.2, 0.25) is 0 Å². The van der Waals surface area contributed by atoms with Crippen molar-refractivity contribution in [3.63, 3.8) is 0 Å². The van der Waals surface area contributed by atoms with Crippen LogP contribution in [0.4, 0.5) is 0 Å². The van der Waals surface area contributed by atoms with Gasteiger partial charge in [0.15, 0.2) is 0 Å². The van der Waals surface area contributed by atoms with E-state index >= 15 is 0 Å². The number of hydrogen-bond donors (Lipinski definition) is 0. The third kappa shape index (κ3) is 2.81. The molecule has 3 heteroatoms. The van der Waals surface area contributed by atoms with Gasteiger partial charge in [0.25, 0.3) is 0 Å². The lowest BCUT2D eigenvalue weighted by atomic mass is 10.1. The van der Waals surface area contributed by atoms with E-state index in [1.165, 1.54) is 5.56 Å². The van der Waals surface area contributed by atoms with Crippen molar-refractivity contribution < 1.29 is 0 Å². The molecule has 1 aromatic rings. The van der Waals surface area contributed by atoms with Crippen LogP contribution >= 0.6 is 11.6 Å². The first-order valence-corrected chi connectivity index (χ1v) is 7.09. The van der Waals surface area contributed by atoms with Gasteiger partial charge in [0.05, 0.1) is 0 Å². The molecule has 0 aliphatic carbocycles. The average Bonchev–Trinajstić information content (AvgIpc) is 2.75. The summed E-state index contributed by atoms with van der Waals surface area (Å²) in [5, 5.41) is 0.800. The molecule has 1 aliphatic rings. The second kappa shape index (κ2) is 6.14. The number of hydrogen-bond acceptors (Lipinski definition) is 2. The average molecular weight is 265 g/mol. The molecule has 0 spiro atoms. The van der Waals surface area contributed by atoms with Gasteiger partial charge in [-0.3, -0.25) is 0 Å². The molecule has 0 bridgehead atoms. The fourth-order valence-corrected chi connectivity index (χ4v) is 2.58. The number of benzene rings is 1. The molecular formula is C15H21ClN2. The highest BCUT2D eigenvalue weighted by molar-refractivity contribution is 6.30. The van der Waals surface area contributed by atoms with E-state index in [9.17, 15) is 0 Å². The summed E-state index contributed by atoms with van der Waals surface area (Å²) in [6.07, 6.45) is 7.07. The molecule has 0 atom stereocenters. The Morgan fingerprint density at radius 1 is 0.944 bits per heavy atom. The molecule has 2 rings (SSSR count). The van der Waals surface area contributed by atoms with E-state index in [0.717, 1.165) is 31.0 Å². The quantitative estimate of drug-likeness (QED) is 0.785. The minimum absolute atomic E-state index is 0.335. The Morgan fingerprint density at radius 2 is 1.44 bits per heavy atom. The first-order valence-electron chi connectivity index (χ1n) is 6.71. The molecule has 0 amide bonds. The molecule has 2 nitrogen and oxygen atoms in total. The Labute approximate surface area is 115 Å². The van der Waals surface area contributed by atoms with Crippen LogP contribution in [-0.4, -0.2) is 22.9 Å². The summed E-state index contributed by atoms with van der Waals surface area (Å²) in [6, 6.07) is 8.21. The van der Waals surface area contributed by atoms with Crippen LogP contribution in [0, 0.1) is 0 Å². The molecule has 18 heavy (non-hydrogen) atoms. The van der Waals surface area contributed by atoms with Crippen molar-refractivity contribution in [3.8, 4) is 0 Å². The maximum absolute atomic E-state index is 5.97. The smallest absolute Gasteiger partial charge is 0.127 e. The molecule has 0 fully saturated rings. The van der Waals surface area contributed by atoms with E-state index in [0.29, 0.717) is 6.17 Å². The van der Waals surface area contributed by atoms with Crippen molar-refractivity contribution in [1.82, 2.24) is 9.80 Å². The molecule has 0 unspecified atom stereocenters. The third-order valence-electron chi connectivity index (χ3n) is 3.21. The summed E-state index contributed by atoms with van der Waals surface area (Å²) >= 11 is 5.97. The standard InChI is InChI=1S/C15H21ClN2/c1-3-9-17-11-12-18(10-4-2)15(17)13-5-7-14(16)8-6-13/h5-8,11-12,15H,3-4,9-10H2,1-2H3. The molecule has 0 aromatic heterocycles. The van der Waals surface area contributed by atoms with Crippen LogP contribution in [0.15, 0.2) is 36.7 Å². The van der Waals surface area contributed by atoms with Gasteiger partial charge in [-0.25, -0.2) is 0 Å². The van der Waals surface area contributed by atoms with Crippen LogP contribution in [-0.2, 0) is 0 Å². The topological polar surface area (TPSA) is 6.48 Å². The largest absolute Gasteiger partial charge is 0.352 e. The van der Waals surface area contributed by atoms with Gasteiger partial charge in [-0.15, -0.1) is 0 Å². The zero-order valence-electron chi connectivity index (χ0n) is 11.1. The van der Waals surface area contributed by atoms with Crippen LogP contribution < -0.4 is 0 Å². The minimum Gasteiger partial charge on any atom is -0.352 e. The number of rotatable bonds is 5. The second-order valence-electron chi connectivity index (χ2n) is 4.70. The predicted octanol–water partition coefficient (Wildman–Crippen LogP) is 4.25. The van der Waals surface area contributed by atoms with E-state index in [4.69, 9.17) is 11.6 Å². The summed E-state index contributed by atoms with van der Waals surface area (Å²) in [5.41, 5.74) is 1.31. The molecule has 0 N–H and O–H groups in total. The Kier molecular flexibility index (Phi) is 4.54. The van der Waals surface area contributed by atoms with Crippen molar-refractivity contribution in [1.29, 1.82) is 0 Å². The van der Waals surface area contributed by atoms with E-state index in [2.05, 4.69) is 48.2 Å². The summed E-state index contributed by atoms with van der Waals surface area (Å²) in [5.74, 6) is 0. The fraction of sp³-hybridized carbons (Fsp3) is 0.467. The first kappa shape index (κ1) is 13.3. The Bertz CT molecular complexity index is 383. The van der Waals surface area contributed by atoms with Crippen molar-refractivity contribution in [2.45, 2.75) is 32.9 Å². The lowest BCUT2D eigenvalue weighted by Crippen LogP contribution is -2.31. The Hall–Kier alpha value is -1.15. The van der Waals surface area contributed by atoms with Crippen LogP contribution in [0.3, 0.4) is 0 Å². The minimum atomic E-state index is 0.335. The maximum Gasteiger partial charge on any atom is 0.127 e. The maximum atomic E-state index is 5.97. The van der Waals surface area contributed by atoms with Gasteiger partial charge in [-0.05, 0) is 30.5 Å². The zero-order chi connectivity index (χ0) is 13.0. The molecule has 0 radical (unpaired) electrons. The van der Waals surface area contributed by atoms with Crippen LogP contribution in [0.1, 0.15) is 38.4 Å². The summed E-state index contributed by atoms with van der Waals surface area (Å²) in [4.78, 5) is 4.80. The van der Waals surface area contributed by atoms with Gasteiger partial charge in [-0.2, -0.15) is 0 Å². The number of nitrogens with zero attached hydrogens (tertiary/aromatic N) is 2. The Morgan fingerprint density at radius 3 is 1.89 bits per heavy atom. The highest BCUT2D eigenvalue weighted by Crippen LogP contribution is 2.31. The van der Waals surface area contributed by atoms with Crippen LogP contribution in [0.2, 0.25) is 5.02 Å². The molecule has 1 aromatic carbocycles. The molecule has 98 valence electrons. The highest BCUT2D eigenvalue weighted by Gasteiger charge is 2.26. The summed E-state index contributed by atoms with van der Waals surface area (Å²) in [6.45, 7) is 6.61. The van der Waals surface area contributed by atoms with Gasteiger partial charge in [0.1, 0.15) is 6.17 Å². The zero-order valence-corrected chi connectivity index (χ0v) is 11.9. The fourth-order valence-electron chi connectivity index (χ4n) is 2.45. The molecule has 1 aliphatic heterocycles. The van der Waals surface area contributed by atoms with Gasteiger partial charge < -0.3 is 9.80 Å². The van der Waals surface area contributed by atoms with Crippen LogP contribution in [0.5, 0.6) is 0 Å². The third-order valence-corrected chi connectivity index (χ3v) is 3.46. The second-order valence-corrected chi connectivity index (χ2v) is 5.14. The van der Waals surface area contributed by atoms with Crippen molar-refractivity contribution in [3.05, 3.63) is 47.3 Å². The molecule has 0 saturated heterocycles. The molecule has 1 heterocycles. The lowest BCUT2D eigenvalue weighted by Gasteiger charge is -2.33. The van der Waals surface area contributed by atoms with E-state index in [1.54, 1.807) is 0 Å². The van der Waals surface area contributed by atoms with Crippen molar-refractivity contribution >= 4 is 11.6 Å². The van der Waals surface area contributed by atoms with Gasteiger partial charge >= 0.3 is 0 Å². The lowest BCUT2D eigenvalue weighted by molar-refractivity contribution is 0.154. The van der Waals surface area contributed by atoms with Crippen molar-refractivity contribution in [2.24, 2.45) is 0 Å².